The first-order valence-corrected chi connectivity index (χ1v) is 8.44. The van der Waals surface area contributed by atoms with Crippen LogP contribution in [0.15, 0.2) is 48.5 Å². The molecular formula is C18H15IN2O. The zero-order chi connectivity index (χ0) is 15.1. The standard InChI is InChI=1S/C18H15IN2O/c19-15-7-3-1-6-13(15)18(22)20-11-9-14-12-5-2-4-8-16(12)21-17(14)10-11/h1-8,11,21H,9-10H2,(H,20,22). The molecule has 1 aliphatic rings. The predicted octanol–water partition coefficient (Wildman–Crippen LogP) is 3.67. The van der Waals surface area contributed by atoms with Gasteiger partial charge in [0, 0.05) is 32.6 Å². The van der Waals surface area contributed by atoms with E-state index in [0.29, 0.717) is 0 Å². The number of carbonyl (C=O) groups is 1. The van der Waals surface area contributed by atoms with Crippen molar-refractivity contribution in [3.63, 3.8) is 0 Å². The smallest absolute Gasteiger partial charge is 0.252 e. The predicted molar refractivity (Wildman–Crippen MR) is 96.1 cm³/mol. The molecule has 0 bridgehead atoms. The lowest BCUT2D eigenvalue weighted by molar-refractivity contribution is 0.0937. The fourth-order valence-electron chi connectivity index (χ4n) is 3.24. The second-order valence-corrected chi connectivity index (χ2v) is 6.85. The first-order valence-electron chi connectivity index (χ1n) is 7.36. The van der Waals surface area contributed by atoms with Crippen LogP contribution in [0.3, 0.4) is 0 Å². The Kier molecular flexibility index (Phi) is 3.41. The van der Waals surface area contributed by atoms with Crippen molar-refractivity contribution >= 4 is 39.4 Å². The molecule has 22 heavy (non-hydrogen) atoms. The van der Waals surface area contributed by atoms with E-state index in [1.807, 2.05) is 30.3 Å². The quantitative estimate of drug-likeness (QED) is 0.632. The largest absolute Gasteiger partial charge is 0.358 e. The van der Waals surface area contributed by atoms with E-state index in [1.165, 1.54) is 22.2 Å². The van der Waals surface area contributed by atoms with Crippen molar-refractivity contribution in [1.29, 1.82) is 0 Å². The van der Waals surface area contributed by atoms with Gasteiger partial charge in [0.25, 0.3) is 5.91 Å². The topological polar surface area (TPSA) is 44.9 Å². The second-order valence-electron chi connectivity index (χ2n) is 5.69. The summed E-state index contributed by atoms with van der Waals surface area (Å²) >= 11 is 2.21. The monoisotopic (exact) mass is 402 g/mol. The van der Waals surface area contributed by atoms with Gasteiger partial charge in [-0.25, -0.2) is 0 Å². The summed E-state index contributed by atoms with van der Waals surface area (Å²) in [6.45, 7) is 0. The van der Waals surface area contributed by atoms with E-state index in [1.54, 1.807) is 0 Å². The molecule has 2 aromatic carbocycles. The van der Waals surface area contributed by atoms with Crippen molar-refractivity contribution < 1.29 is 4.79 Å². The highest BCUT2D eigenvalue weighted by molar-refractivity contribution is 14.1. The van der Waals surface area contributed by atoms with E-state index in [4.69, 9.17) is 0 Å². The summed E-state index contributed by atoms with van der Waals surface area (Å²) in [4.78, 5) is 15.9. The van der Waals surface area contributed by atoms with Crippen LogP contribution in [0.2, 0.25) is 0 Å². The highest BCUT2D eigenvalue weighted by atomic mass is 127. The Bertz CT molecular complexity index is 868. The number of para-hydroxylation sites is 1. The number of nitrogens with one attached hydrogen (secondary N) is 2. The number of carbonyl (C=O) groups excluding carboxylic acids is 1. The third-order valence-electron chi connectivity index (χ3n) is 4.26. The minimum absolute atomic E-state index is 0.0180. The maximum absolute atomic E-state index is 12.4. The molecule has 0 aliphatic heterocycles. The molecule has 4 heteroatoms. The van der Waals surface area contributed by atoms with Gasteiger partial charge in [0.05, 0.1) is 5.56 Å². The van der Waals surface area contributed by atoms with Gasteiger partial charge in [0.15, 0.2) is 0 Å². The number of hydrogen-bond donors (Lipinski definition) is 2. The molecule has 1 heterocycles. The Hall–Kier alpha value is -1.82. The van der Waals surface area contributed by atoms with Gasteiger partial charge in [0.2, 0.25) is 0 Å². The van der Waals surface area contributed by atoms with Crippen molar-refractivity contribution in [3.05, 3.63) is 68.9 Å². The van der Waals surface area contributed by atoms with Crippen LogP contribution in [0, 0.1) is 3.57 Å². The Labute approximate surface area is 142 Å². The number of hydrogen-bond acceptors (Lipinski definition) is 1. The van der Waals surface area contributed by atoms with E-state index in [9.17, 15) is 4.79 Å². The molecule has 1 amide bonds. The molecule has 1 unspecified atom stereocenters. The van der Waals surface area contributed by atoms with Gasteiger partial charge in [-0.05, 0) is 52.8 Å². The lowest BCUT2D eigenvalue weighted by Gasteiger charge is -2.13. The number of H-pyrrole nitrogens is 1. The minimum Gasteiger partial charge on any atom is -0.358 e. The molecule has 110 valence electrons. The third-order valence-corrected chi connectivity index (χ3v) is 5.20. The highest BCUT2D eigenvalue weighted by Crippen LogP contribution is 2.30. The van der Waals surface area contributed by atoms with Crippen LogP contribution < -0.4 is 5.32 Å². The van der Waals surface area contributed by atoms with Gasteiger partial charge in [-0.2, -0.15) is 0 Å². The van der Waals surface area contributed by atoms with Gasteiger partial charge in [-0.3, -0.25) is 4.79 Å². The molecule has 1 aliphatic carbocycles. The van der Waals surface area contributed by atoms with Crippen molar-refractivity contribution in [2.24, 2.45) is 0 Å². The van der Waals surface area contributed by atoms with Crippen LogP contribution in [-0.4, -0.2) is 16.9 Å². The first-order chi connectivity index (χ1) is 10.7. The number of rotatable bonds is 2. The second kappa shape index (κ2) is 5.43. The Morgan fingerprint density at radius 1 is 1.09 bits per heavy atom. The molecule has 0 spiro atoms. The zero-order valence-corrected chi connectivity index (χ0v) is 14.1. The minimum atomic E-state index is 0.0180. The van der Waals surface area contributed by atoms with Crippen molar-refractivity contribution in [1.82, 2.24) is 10.3 Å². The number of aromatic amines is 1. The Morgan fingerprint density at radius 2 is 1.86 bits per heavy atom. The van der Waals surface area contributed by atoms with Crippen molar-refractivity contribution in [2.45, 2.75) is 18.9 Å². The molecule has 1 atom stereocenters. The molecule has 0 saturated heterocycles. The van der Waals surface area contributed by atoms with E-state index in [-0.39, 0.29) is 11.9 Å². The van der Waals surface area contributed by atoms with Gasteiger partial charge in [0.1, 0.15) is 0 Å². The maximum atomic E-state index is 12.4. The molecular weight excluding hydrogens is 387 g/mol. The summed E-state index contributed by atoms with van der Waals surface area (Å²) in [7, 11) is 0. The van der Waals surface area contributed by atoms with Gasteiger partial charge >= 0.3 is 0 Å². The summed E-state index contributed by atoms with van der Waals surface area (Å²) < 4.78 is 0.986. The lowest BCUT2D eigenvalue weighted by atomic mass is 10.1. The number of amides is 1. The molecule has 1 aromatic heterocycles. The number of fused-ring (bicyclic) bond motifs is 3. The van der Waals surface area contributed by atoms with Crippen LogP contribution in [-0.2, 0) is 12.8 Å². The van der Waals surface area contributed by atoms with Crippen LogP contribution in [0.25, 0.3) is 10.9 Å². The van der Waals surface area contributed by atoms with Crippen LogP contribution in [0.5, 0.6) is 0 Å². The van der Waals surface area contributed by atoms with Gasteiger partial charge < -0.3 is 10.3 Å². The Balaban J connectivity index is 1.54. The molecule has 0 fully saturated rings. The van der Waals surface area contributed by atoms with Crippen LogP contribution in [0.1, 0.15) is 21.6 Å². The summed E-state index contributed by atoms with van der Waals surface area (Å²) in [5.41, 5.74) is 4.55. The SMILES string of the molecule is O=C(NC1Cc2[nH]c3ccccc3c2C1)c1ccccc1I. The summed E-state index contributed by atoms with van der Waals surface area (Å²) in [6.07, 6.45) is 1.77. The van der Waals surface area contributed by atoms with Crippen molar-refractivity contribution in [2.75, 3.05) is 0 Å². The molecule has 3 nitrogen and oxygen atoms in total. The normalized spacial score (nSPS) is 16.7. The Morgan fingerprint density at radius 3 is 2.73 bits per heavy atom. The highest BCUT2D eigenvalue weighted by Gasteiger charge is 2.27. The molecule has 4 rings (SSSR count). The van der Waals surface area contributed by atoms with Crippen molar-refractivity contribution in [3.8, 4) is 0 Å². The molecule has 2 N–H and O–H groups in total. The average molecular weight is 402 g/mol. The lowest BCUT2D eigenvalue weighted by Crippen LogP contribution is -2.35. The fourth-order valence-corrected chi connectivity index (χ4v) is 3.87. The summed E-state index contributed by atoms with van der Waals surface area (Å²) in [5, 5.41) is 4.45. The maximum Gasteiger partial charge on any atom is 0.252 e. The summed E-state index contributed by atoms with van der Waals surface area (Å²) in [6, 6.07) is 16.2. The summed E-state index contributed by atoms with van der Waals surface area (Å²) in [5.74, 6) is 0.0180. The number of aromatic nitrogens is 1. The van der Waals surface area contributed by atoms with E-state index in [0.717, 1.165) is 22.0 Å². The number of halogens is 1. The van der Waals surface area contributed by atoms with Gasteiger partial charge in [-0.1, -0.05) is 30.3 Å². The first kappa shape index (κ1) is 13.8. The fraction of sp³-hybridized carbons (Fsp3) is 0.167. The van der Waals surface area contributed by atoms with E-state index in [2.05, 4.69) is 51.1 Å². The third kappa shape index (κ3) is 2.31. The van der Waals surface area contributed by atoms with Gasteiger partial charge in [-0.15, -0.1) is 0 Å². The average Bonchev–Trinajstić information content (AvgIpc) is 3.04. The van der Waals surface area contributed by atoms with E-state index < -0.39 is 0 Å². The number of benzene rings is 2. The zero-order valence-electron chi connectivity index (χ0n) is 11.9. The molecule has 3 aromatic rings. The van der Waals surface area contributed by atoms with E-state index >= 15 is 0 Å². The van der Waals surface area contributed by atoms with Crippen LogP contribution >= 0.6 is 22.6 Å². The molecule has 0 radical (unpaired) electrons. The van der Waals surface area contributed by atoms with Crippen LogP contribution in [0.4, 0.5) is 0 Å². The molecule has 0 saturated carbocycles.